The van der Waals surface area contributed by atoms with Crippen molar-refractivity contribution in [1.82, 2.24) is 15.3 Å². The van der Waals surface area contributed by atoms with E-state index in [0.717, 1.165) is 5.76 Å². The molecule has 2 aromatic rings. The summed E-state index contributed by atoms with van der Waals surface area (Å²) >= 11 is 5.60. The average Bonchev–Trinajstić information content (AvgIpc) is 2.76. The van der Waals surface area contributed by atoms with E-state index in [-0.39, 0.29) is 22.8 Å². The summed E-state index contributed by atoms with van der Waals surface area (Å²) < 4.78 is 5.43. The van der Waals surface area contributed by atoms with Crippen LogP contribution >= 0.6 is 11.6 Å². The smallest absolute Gasteiger partial charge is 0.272 e. The van der Waals surface area contributed by atoms with E-state index in [1.807, 2.05) is 26.0 Å². The van der Waals surface area contributed by atoms with Crippen molar-refractivity contribution in [1.29, 1.82) is 0 Å². The van der Waals surface area contributed by atoms with Gasteiger partial charge in [0, 0.05) is 0 Å². The number of hydrogen-bond donors (Lipinski definition) is 1. The monoisotopic (exact) mass is 265 g/mol. The van der Waals surface area contributed by atoms with E-state index in [4.69, 9.17) is 16.0 Å². The number of amides is 1. The highest BCUT2D eigenvalue weighted by molar-refractivity contribution is 6.29. The summed E-state index contributed by atoms with van der Waals surface area (Å²) in [6, 6.07) is 3.44. The van der Waals surface area contributed by atoms with Crippen molar-refractivity contribution in [2.75, 3.05) is 0 Å². The van der Waals surface area contributed by atoms with Crippen molar-refractivity contribution in [3.8, 4) is 0 Å². The van der Waals surface area contributed by atoms with Gasteiger partial charge >= 0.3 is 0 Å². The number of furan rings is 1. The minimum absolute atomic E-state index is 0.217. The molecule has 2 rings (SSSR count). The predicted molar refractivity (Wildman–Crippen MR) is 66.4 cm³/mol. The van der Waals surface area contributed by atoms with E-state index in [2.05, 4.69) is 15.3 Å². The first kappa shape index (κ1) is 12.6. The van der Waals surface area contributed by atoms with Crippen LogP contribution in [-0.4, -0.2) is 15.9 Å². The molecule has 0 fully saturated rings. The molecule has 0 radical (unpaired) electrons. The molecule has 6 heteroatoms. The second kappa shape index (κ2) is 5.18. The minimum atomic E-state index is -0.319. The quantitative estimate of drug-likeness (QED) is 0.926. The number of aryl methyl sites for hydroxylation is 1. The highest BCUT2D eigenvalue weighted by Gasteiger charge is 2.15. The third-order valence-corrected chi connectivity index (χ3v) is 2.58. The number of nitrogens with zero attached hydrogens (tertiary/aromatic N) is 2. The molecule has 5 nitrogen and oxygen atoms in total. The number of halogens is 1. The van der Waals surface area contributed by atoms with Crippen molar-refractivity contribution in [3.63, 3.8) is 0 Å². The molecule has 0 aliphatic heterocycles. The van der Waals surface area contributed by atoms with E-state index in [1.165, 1.54) is 12.4 Å². The van der Waals surface area contributed by atoms with Gasteiger partial charge in [-0.1, -0.05) is 11.6 Å². The molecule has 0 aromatic carbocycles. The van der Waals surface area contributed by atoms with Crippen LogP contribution in [0.15, 0.2) is 28.9 Å². The molecule has 18 heavy (non-hydrogen) atoms. The Morgan fingerprint density at radius 1 is 1.39 bits per heavy atom. The van der Waals surface area contributed by atoms with Gasteiger partial charge in [0.1, 0.15) is 22.4 Å². The number of hydrogen-bond acceptors (Lipinski definition) is 4. The van der Waals surface area contributed by atoms with Crippen LogP contribution < -0.4 is 5.32 Å². The average molecular weight is 266 g/mol. The fraction of sp³-hybridized carbons (Fsp3) is 0.250. The van der Waals surface area contributed by atoms with Crippen molar-refractivity contribution < 1.29 is 9.21 Å². The molecule has 0 aliphatic carbocycles. The van der Waals surface area contributed by atoms with Gasteiger partial charge in [-0.3, -0.25) is 4.79 Å². The third kappa shape index (κ3) is 2.87. The molecule has 1 N–H and O–H groups in total. The van der Waals surface area contributed by atoms with Crippen molar-refractivity contribution in [3.05, 3.63) is 46.9 Å². The molecule has 1 amide bonds. The Kier molecular flexibility index (Phi) is 3.62. The number of carbonyl (C=O) groups is 1. The molecular weight excluding hydrogens is 254 g/mol. The molecule has 0 aliphatic rings. The lowest BCUT2D eigenvalue weighted by Gasteiger charge is -2.10. The Balaban J connectivity index is 2.05. The summed E-state index contributed by atoms with van der Waals surface area (Å²) in [5, 5.41) is 3.02. The van der Waals surface area contributed by atoms with Gasteiger partial charge in [0.2, 0.25) is 0 Å². The highest BCUT2D eigenvalue weighted by Crippen LogP contribution is 2.15. The summed E-state index contributed by atoms with van der Waals surface area (Å²) in [5.41, 5.74) is 0.217. The van der Waals surface area contributed by atoms with E-state index in [1.54, 1.807) is 0 Å². The van der Waals surface area contributed by atoms with Gasteiger partial charge in [-0.05, 0) is 26.0 Å². The molecule has 94 valence electrons. The minimum Gasteiger partial charge on any atom is -0.464 e. The lowest BCUT2D eigenvalue weighted by Crippen LogP contribution is -2.27. The Hall–Kier alpha value is -1.88. The standard InChI is InChI=1S/C12H12ClN3O2/c1-7-3-4-10(18-7)8(2)16-12(17)9-5-15-11(13)6-14-9/h3-6,8H,1-2H3,(H,16,17). The van der Waals surface area contributed by atoms with Crippen LogP contribution in [0.1, 0.15) is 35.0 Å². The maximum atomic E-state index is 11.8. The van der Waals surface area contributed by atoms with Crippen molar-refractivity contribution in [2.24, 2.45) is 0 Å². The molecule has 1 unspecified atom stereocenters. The summed E-state index contributed by atoms with van der Waals surface area (Å²) in [5.74, 6) is 1.18. The first-order chi connectivity index (χ1) is 8.56. The number of rotatable bonds is 3. The van der Waals surface area contributed by atoms with Gasteiger partial charge in [0.15, 0.2) is 0 Å². The first-order valence-corrected chi connectivity index (χ1v) is 5.79. The topological polar surface area (TPSA) is 68.0 Å². The third-order valence-electron chi connectivity index (χ3n) is 2.39. The molecule has 0 saturated carbocycles. The van der Waals surface area contributed by atoms with Crippen LogP contribution in [0, 0.1) is 6.92 Å². The molecule has 0 spiro atoms. The Morgan fingerprint density at radius 2 is 2.17 bits per heavy atom. The summed E-state index contributed by atoms with van der Waals surface area (Å²) in [7, 11) is 0. The van der Waals surface area contributed by atoms with E-state index >= 15 is 0 Å². The summed E-state index contributed by atoms with van der Waals surface area (Å²) in [4.78, 5) is 19.5. The van der Waals surface area contributed by atoms with Gasteiger partial charge in [-0.2, -0.15) is 0 Å². The first-order valence-electron chi connectivity index (χ1n) is 5.41. The zero-order chi connectivity index (χ0) is 13.1. The van der Waals surface area contributed by atoms with Crippen LogP contribution in [0.2, 0.25) is 5.15 Å². The van der Waals surface area contributed by atoms with E-state index < -0.39 is 0 Å². The van der Waals surface area contributed by atoms with Crippen molar-refractivity contribution >= 4 is 17.5 Å². The van der Waals surface area contributed by atoms with Gasteiger partial charge < -0.3 is 9.73 Å². The van der Waals surface area contributed by atoms with Crippen molar-refractivity contribution in [2.45, 2.75) is 19.9 Å². The van der Waals surface area contributed by atoms with Crippen LogP contribution in [0.25, 0.3) is 0 Å². The second-order valence-corrected chi connectivity index (χ2v) is 4.26. The number of aromatic nitrogens is 2. The molecular formula is C12H12ClN3O2. The molecule has 0 saturated heterocycles. The predicted octanol–water partition coefficient (Wildman–Crippen LogP) is 2.52. The molecule has 1 atom stereocenters. The van der Waals surface area contributed by atoms with E-state index in [9.17, 15) is 4.79 Å². The summed E-state index contributed by atoms with van der Waals surface area (Å²) in [6.07, 6.45) is 2.66. The fourth-order valence-corrected chi connectivity index (χ4v) is 1.55. The maximum absolute atomic E-state index is 11.8. The molecule has 0 bridgehead atoms. The van der Waals surface area contributed by atoms with Gasteiger partial charge in [0.05, 0.1) is 18.4 Å². The highest BCUT2D eigenvalue weighted by atomic mass is 35.5. The van der Waals surface area contributed by atoms with Gasteiger partial charge in [-0.15, -0.1) is 0 Å². The Bertz CT molecular complexity index is 551. The van der Waals surface area contributed by atoms with Crippen LogP contribution in [0.5, 0.6) is 0 Å². The summed E-state index contributed by atoms with van der Waals surface area (Å²) in [6.45, 7) is 3.68. The number of nitrogens with one attached hydrogen (secondary N) is 1. The van der Waals surface area contributed by atoms with E-state index in [0.29, 0.717) is 5.76 Å². The molecule has 2 heterocycles. The Morgan fingerprint density at radius 3 is 2.72 bits per heavy atom. The van der Waals surface area contributed by atoms with Crippen LogP contribution in [-0.2, 0) is 0 Å². The lowest BCUT2D eigenvalue weighted by molar-refractivity contribution is 0.0929. The SMILES string of the molecule is Cc1ccc(C(C)NC(=O)c2cnc(Cl)cn2)o1. The zero-order valence-corrected chi connectivity index (χ0v) is 10.7. The largest absolute Gasteiger partial charge is 0.464 e. The van der Waals surface area contributed by atoms with Gasteiger partial charge in [0.25, 0.3) is 5.91 Å². The van der Waals surface area contributed by atoms with Gasteiger partial charge in [-0.25, -0.2) is 9.97 Å². The second-order valence-electron chi connectivity index (χ2n) is 3.87. The fourth-order valence-electron chi connectivity index (χ4n) is 1.46. The lowest BCUT2D eigenvalue weighted by atomic mass is 10.2. The molecule has 2 aromatic heterocycles. The Labute approximate surface area is 109 Å². The van der Waals surface area contributed by atoms with Crippen LogP contribution in [0.3, 0.4) is 0 Å². The zero-order valence-electron chi connectivity index (χ0n) is 9.98. The number of carbonyl (C=O) groups excluding carboxylic acids is 1. The van der Waals surface area contributed by atoms with Crippen LogP contribution in [0.4, 0.5) is 0 Å². The maximum Gasteiger partial charge on any atom is 0.272 e. The normalized spacial score (nSPS) is 12.2.